The van der Waals surface area contributed by atoms with Crippen LogP contribution in [0.25, 0.3) is 0 Å². The van der Waals surface area contributed by atoms with Crippen molar-refractivity contribution in [2.24, 2.45) is 0 Å². The Bertz CT molecular complexity index is 474. The molecule has 104 valence electrons. The summed E-state index contributed by atoms with van der Waals surface area (Å²) in [7, 11) is 0. The summed E-state index contributed by atoms with van der Waals surface area (Å²) in [5.41, 5.74) is 7.93. The standard InChI is InChI=1S/C13H18N2O2S2/c1-8-4-9(5-11(12(8)14)13(16)17)15-6-10-7-18-2-3-19-10/h4-5,10,15H,2-3,6-7,14H2,1H3,(H,16,17). The zero-order chi connectivity index (χ0) is 13.8. The summed E-state index contributed by atoms with van der Waals surface area (Å²) in [6.07, 6.45) is 0. The van der Waals surface area contributed by atoms with E-state index in [1.165, 1.54) is 11.5 Å². The van der Waals surface area contributed by atoms with Gasteiger partial charge in [-0.05, 0) is 24.6 Å². The zero-order valence-electron chi connectivity index (χ0n) is 10.8. The number of thioether (sulfide) groups is 2. The van der Waals surface area contributed by atoms with Crippen molar-refractivity contribution in [1.82, 2.24) is 0 Å². The average molecular weight is 298 g/mol. The van der Waals surface area contributed by atoms with Crippen molar-refractivity contribution in [2.45, 2.75) is 12.2 Å². The lowest BCUT2D eigenvalue weighted by molar-refractivity contribution is 0.0698. The number of nitrogen functional groups attached to an aromatic ring is 1. The van der Waals surface area contributed by atoms with Crippen LogP contribution in [0, 0.1) is 6.92 Å². The van der Waals surface area contributed by atoms with Gasteiger partial charge in [0.2, 0.25) is 0 Å². The molecule has 1 heterocycles. The summed E-state index contributed by atoms with van der Waals surface area (Å²) in [6, 6.07) is 3.52. The first-order valence-corrected chi connectivity index (χ1v) is 8.35. The minimum Gasteiger partial charge on any atom is -0.478 e. The van der Waals surface area contributed by atoms with E-state index in [0.717, 1.165) is 23.5 Å². The minimum atomic E-state index is -0.980. The summed E-state index contributed by atoms with van der Waals surface area (Å²) in [6.45, 7) is 2.69. The van der Waals surface area contributed by atoms with Crippen LogP contribution in [-0.4, -0.2) is 40.1 Å². The molecule has 6 heteroatoms. The van der Waals surface area contributed by atoms with Crippen molar-refractivity contribution in [1.29, 1.82) is 0 Å². The van der Waals surface area contributed by atoms with Gasteiger partial charge in [-0.3, -0.25) is 0 Å². The van der Waals surface area contributed by atoms with E-state index < -0.39 is 5.97 Å². The highest BCUT2D eigenvalue weighted by molar-refractivity contribution is 8.06. The second-order valence-electron chi connectivity index (χ2n) is 4.51. The molecule has 0 aromatic heterocycles. The quantitative estimate of drug-likeness (QED) is 0.742. The number of carboxylic acids is 1. The third kappa shape index (κ3) is 3.73. The predicted molar refractivity (Wildman–Crippen MR) is 84.6 cm³/mol. The second-order valence-corrected chi connectivity index (χ2v) is 7.07. The minimum absolute atomic E-state index is 0.174. The highest BCUT2D eigenvalue weighted by Crippen LogP contribution is 2.26. The van der Waals surface area contributed by atoms with Crippen LogP contribution in [0.3, 0.4) is 0 Å². The maximum absolute atomic E-state index is 11.1. The highest BCUT2D eigenvalue weighted by Gasteiger charge is 2.15. The third-order valence-corrected chi connectivity index (χ3v) is 5.88. The van der Waals surface area contributed by atoms with Gasteiger partial charge in [0, 0.05) is 40.4 Å². The molecule has 4 nitrogen and oxygen atoms in total. The fraction of sp³-hybridized carbons (Fsp3) is 0.462. The van der Waals surface area contributed by atoms with Crippen molar-refractivity contribution < 1.29 is 9.90 Å². The van der Waals surface area contributed by atoms with E-state index in [2.05, 4.69) is 5.32 Å². The SMILES string of the molecule is Cc1cc(NCC2CSCCS2)cc(C(=O)O)c1N. The van der Waals surface area contributed by atoms with Crippen molar-refractivity contribution in [3.63, 3.8) is 0 Å². The molecule has 0 spiro atoms. The number of nitrogens with one attached hydrogen (secondary N) is 1. The van der Waals surface area contributed by atoms with E-state index in [9.17, 15) is 4.79 Å². The lowest BCUT2D eigenvalue weighted by atomic mass is 10.1. The topological polar surface area (TPSA) is 75.3 Å². The second kappa shape index (κ2) is 6.43. The first-order chi connectivity index (χ1) is 9.08. The Morgan fingerprint density at radius 3 is 2.95 bits per heavy atom. The molecule has 1 aliphatic rings. The Labute approximate surface area is 121 Å². The van der Waals surface area contributed by atoms with Gasteiger partial charge >= 0.3 is 5.97 Å². The van der Waals surface area contributed by atoms with Crippen molar-refractivity contribution in [2.75, 3.05) is 34.9 Å². The Kier molecular flexibility index (Phi) is 4.87. The van der Waals surface area contributed by atoms with Crippen LogP contribution in [-0.2, 0) is 0 Å². The van der Waals surface area contributed by atoms with Gasteiger partial charge in [-0.25, -0.2) is 4.79 Å². The van der Waals surface area contributed by atoms with Crippen LogP contribution in [0.1, 0.15) is 15.9 Å². The summed E-state index contributed by atoms with van der Waals surface area (Å²) < 4.78 is 0. The molecule has 19 heavy (non-hydrogen) atoms. The van der Waals surface area contributed by atoms with Gasteiger partial charge in [0.25, 0.3) is 0 Å². The smallest absolute Gasteiger partial charge is 0.337 e. The summed E-state index contributed by atoms with van der Waals surface area (Å²) in [5.74, 6) is 2.59. The Balaban J connectivity index is 2.05. The lowest BCUT2D eigenvalue weighted by Crippen LogP contribution is -2.23. The number of benzene rings is 1. The molecule has 1 saturated heterocycles. The average Bonchev–Trinajstić information content (AvgIpc) is 2.41. The molecule has 0 bridgehead atoms. The van der Waals surface area contributed by atoms with Gasteiger partial charge < -0.3 is 16.2 Å². The fourth-order valence-corrected chi connectivity index (χ4v) is 4.58. The molecule has 1 unspecified atom stereocenters. The predicted octanol–water partition coefficient (Wildman–Crippen LogP) is 2.54. The number of aryl methyl sites for hydroxylation is 1. The largest absolute Gasteiger partial charge is 0.478 e. The first-order valence-electron chi connectivity index (χ1n) is 6.14. The van der Waals surface area contributed by atoms with Crippen LogP contribution in [0.4, 0.5) is 11.4 Å². The summed E-state index contributed by atoms with van der Waals surface area (Å²) >= 11 is 3.95. The molecule has 1 atom stereocenters. The summed E-state index contributed by atoms with van der Waals surface area (Å²) in [4.78, 5) is 11.1. The maximum Gasteiger partial charge on any atom is 0.337 e. The van der Waals surface area contributed by atoms with E-state index in [0.29, 0.717) is 10.9 Å². The monoisotopic (exact) mass is 298 g/mol. The van der Waals surface area contributed by atoms with E-state index in [4.69, 9.17) is 10.8 Å². The van der Waals surface area contributed by atoms with Crippen molar-refractivity contribution in [3.05, 3.63) is 23.3 Å². The normalized spacial score (nSPS) is 19.1. The van der Waals surface area contributed by atoms with Crippen LogP contribution in [0.5, 0.6) is 0 Å². The molecule has 0 aliphatic carbocycles. The Morgan fingerprint density at radius 2 is 2.32 bits per heavy atom. The molecule has 0 amide bonds. The molecule has 2 rings (SSSR count). The molecule has 1 aromatic carbocycles. The van der Waals surface area contributed by atoms with Gasteiger partial charge in [0.15, 0.2) is 0 Å². The number of rotatable bonds is 4. The number of hydrogen-bond acceptors (Lipinski definition) is 5. The lowest BCUT2D eigenvalue weighted by Gasteiger charge is -2.22. The van der Waals surface area contributed by atoms with E-state index in [1.807, 2.05) is 36.5 Å². The highest BCUT2D eigenvalue weighted by atomic mass is 32.2. The molecular weight excluding hydrogens is 280 g/mol. The molecule has 1 aliphatic heterocycles. The van der Waals surface area contributed by atoms with E-state index in [-0.39, 0.29) is 5.56 Å². The van der Waals surface area contributed by atoms with Gasteiger partial charge in [-0.2, -0.15) is 23.5 Å². The number of carboxylic acid groups (broad SMARTS) is 1. The van der Waals surface area contributed by atoms with Crippen LogP contribution < -0.4 is 11.1 Å². The number of aromatic carboxylic acids is 1. The number of hydrogen-bond donors (Lipinski definition) is 3. The van der Waals surface area contributed by atoms with Gasteiger partial charge in [0.05, 0.1) is 5.56 Å². The van der Waals surface area contributed by atoms with Crippen molar-refractivity contribution >= 4 is 40.9 Å². The van der Waals surface area contributed by atoms with Crippen molar-refractivity contribution in [3.8, 4) is 0 Å². The Hall–Kier alpha value is -1.01. The summed E-state index contributed by atoms with van der Waals surface area (Å²) in [5, 5.41) is 13.0. The first kappa shape index (κ1) is 14.4. The molecule has 0 radical (unpaired) electrons. The van der Waals surface area contributed by atoms with Gasteiger partial charge in [-0.15, -0.1) is 0 Å². The Morgan fingerprint density at radius 1 is 1.53 bits per heavy atom. The van der Waals surface area contributed by atoms with E-state index in [1.54, 1.807) is 6.07 Å². The molecule has 4 N–H and O–H groups in total. The van der Waals surface area contributed by atoms with Crippen LogP contribution in [0.15, 0.2) is 12.1 Å². The fourth-order valence-electron chi connectivity index (χ4n) is 1.96. The van der Waals surface area contributed by atoms with Crippen LogP contribution >= 0.6 is 23.5 Å². The molecular formula is C13H18N2O2S2. The zero-order valence-corrected chi connectivity index (χ0v) is 12.4. The van der Waals surface area contributed by atoms with Gasteiger partial charge in [0.1, 0.15) is 0 Å². The van der Waals surface area contributed by atoms with E-state index >= 15 is 0 Å². The van der Waals surface area contributed by atoms with Crippen LogP contribution in [0.2, 0.25) is 0 Å². The third-order valence-electron chi connectivity index (χ3n) is 3.04. The number of nitrogens with two attached hydrogens (primary N) is 1. The molecule has 1 aromatic rings. The maximum atomic E-state index is 11.1. The molecule has 1 fully saturated rings. The van der Waals surface area contributed by atoms with Gasteiger partial charge in [-0.1, -0.05) is 0 Å². The molecule has 0 saturated carbocycles. The number of carbonyl (C=O) groups is 1. The number of anilines is 2.